The van der Waals surface area contributed by atoms with Crippen molar-refractivity contribution in [3.63, 3.8) is 0 Å². The quantitative estimate of drug-likeness (QED) is 0.914. The fourth-order valence-electron chi connectivity index (χ4n) is 1.73. The lowest BCUT2D eigenvalue weighted by Gasteiger charge is -2.11. The third-order valence-electron chi connectivity index (χ3n) is 2.90. The summed E-state index contributed by atoms with van der Waals surface area (Å²) in [6.45, 7) is 3.68. The summed E-state index contributed by atoms with van der Waals surface area (Å²) < 4.78 is 6.86. The van der Waals surface area contributed by atoms with Crippen molar-refractivity contribution in [2.24, 2.45) is 7.05 Å². The fourth-order valence-corrected chi connectivity index (χ4v) is 1.73. The van der Waals surface area contributed by atoms with E-state index in [4.69, 9.17) is 4.42 Å². The molecule has 0 aromatic carbocycles. The molecule has 1 N–H and O–H groups in total. The maximum absolute atomic E-state index is 12.0. The fraction of sp³-hybridized carbons (Fsp3) is 0.286. The summed E-state index contributed by atoms with van der Waals surface area (Å²) in [6, 6.07) is 6.34. The molecule has 5 heteroatoms. The van der Waals surface area contributed by atoms with Crippen molar-refractivity contribution in [3.05, 3.63) is 57.9 Å². The Morgan fingerprint density at radius 2 is 2.11 bits per heavy atom. The second kappa shape index (κ2) is 5.14. The number of carbonyl (C=O) groups excluding carboxylic acids is 1. The Morgan fingerprint density at radius 1 is 1.37 bits per heavy atom. The van der Waals surface area contributed by atoms with Crippen LogP contribution in [0, 0.1) is 6.92 Å². The maximum atomic E-state index is 12.0. The van der Waals surface area contributed by atoms with E-state index in [1.165, 1.54) is 10.6 Å². The smallest absolute Gasteiger partial charge is 0.252 e. The minimum absolute atomic E-state index is 0.214. The number of furan rings is 1. The van der Waals surface area contributed by atoms with E-state index in [1.807, 2.05) is 26.0 Å². The van der Waals surface area contributed by atoms with Crippen molar-refractivity contribution < 1.29 is 9.21 Å². The lowest BCUT2D eigenvalue weighted by atomic mass is 10.2. The van der Waals surface area contributed by atoms with Gasteiger partial charge in [0.15, 0.2) is 0 Å². The van der Waals surface area contributed by atoms with Crippen molar-refractivity contribution in [1.29, 1.82) is 0 Å². The van der Waals surface area contributed by atoms with Crippen LogP contribution in [0.2, 0.25) is 0 Å². The summed E-state index contributed by atoms with van der Waals surface area (Å²) in [6.07, 6.45) is 1.57. The van der Waals surface area contributed by atoms with Crippen molar-refractivity contribution in [2.45, 2.75) is 19.9 Å². The number of rotatable bonds is 3. The molecule has 0 fully saturated rings. The van der Waals surface area contributed by atoms with Crippen LogP contribution in [0.3, 0.4) is 0 Å². The van der Waals surface area contributed by atoms with Crippen LogP contribution in [-0.4, -0.2) is 10.5 Å². The van der Waals surface area contributed by atoms with Crippen molar-refractivity contribution in [2.75, 3.05) is 0 Å². The second-order valence-electron chi connectivity index (χ2n) is 4.51. The Balaban J connectivity index is 2.12. The first-order valence-electron chi connectivity index (χ1n) is 6.01. The van der Waals surface area contributed by atoms with Crippen LogP contribution >= 0.6 is 0 Å². The van der Waals surface area contributed by atoms with Crippen LogP contribution in [-0.2, 0) is 7.05 Å². The minimum atomic E-state index is -0.292. The molecule has 0 aliphatic rings. The molecule has 1 unspecified atom stereocenters. The molecule has 1 atom stereocenters. The van der Waals surface area contributed by atoms with Crippen molar-refractivity contribution in [1.82, 2.24) is 9.88 Å². The second-order valence-corrected chi connectivity index (χ2v) is 4.51. The Kier molecular flexibility index (Phi) is 3.55. The lowest BCUT2D eigenvalue weighted by molar-refractivity contribution is 0.0935. The number of carbonyl (C=O) groups is 1. The van der Waals surface area contributed by atoms with Gasteiger partial charge < -0.3 is 14.3 Å². The summed E-state index contributed by atoms with van der Waals surface area (Å²) in [5.41, 5.74) is 0.132. The van der Waals surface area contributed by atoms with Gasteiger partial charge in [0.25, 0.3) is 11.5 Å². The van der Waals surface area contributed by atoms with Crippen LogP contribution in [0.25, 0.3) is 0 Å². The predicted molar refractivity (Wildman–Crippen MR) is 71.0 cm³/mol. The first-order chi connectivity index (χ1) is 8.97. The summed E-state index contributed by atoms with van der Waals surface area (Å²) in [5, 5.41) is 2.79. The van der Waals surface area contributed by atoms with Gasteiger partial charge in [-0.05, 0) is 32.0 Å². The molecule has 100 valence electrons. The zero-order valence-electron chi connectivity index (χ0n) is 11.1. The summed E-state index contributed by atoms with van der Waals surface area (Å²) in [7, 11) is 1.64. The zero-order valence-corrected chi connectivity index (χ0v) is 11.1. The average Bonchev–Trinajstić information content (AvgIpc) is 2.79. The molecule has 1 amide bonds. The van der Waals surface area contributed by atoms with Gasteiger partial charge in [0.05, 0.1) is 6.04 Å². The Bertz CT molecular complexity index is 655. The average molecular weight is 260 g/mol. The van der Waals surface area contributed by atoms with Gasteiger partial charge in [-0.3, -0.25) is 9.59 Å². The molecule has 0 saturated heterocycles. The van der Waals surface area contributed by atoms with Crippen molar-refractivity contribution >= 4 is 5.91 Å². The molecule has 2 aromatic rings. The van der Waals surface area contributed by atoms with Crippen LogP contribution in [0.15, 0.2) is 39.7 Å². The summed E-state index contributed by atoms with van der Waals surface area (Å²) in [5.74, 6) is 1.19. The lowest BCUT2D eigenvalue weighted by Crippen LogP contribution is -2.28. The molecule has 2 rings (SSSR count). The van der Waals surface area contributed by atoms with Gasteiger partial charge in [-0.1, -0.05) is 0 Å². The molecule has 0 aliphatic heterocycles. The molecule has 0 aliphatic carbocycles. The molecule has 2 heterocycles. The van der Waals surface area contributed by atoms with E-state index in [2.05, 4.69) is 5.32 Å². The number of aromatic nitrogens is 1. The molecule has 5 nitrogen and oxygen atoms in total. The van der Waals surface area contributed by atoms with E-state index in [-0.39, 0.29) is 17.5 Å². The van der Waals surface area contributed by atoms with Gasteiger partial charge in [0, 0.05) is 24.9 Å². The SMILES string of the molecule is Cc1ccc(C(C)NC(=O)c2ccn(C)c(=O)c2)o1. The monoisotopic (exact) mass is 260 g/mol. The minimum Gasteiger partial charge on any atom is -0.464 e. The van der Waals surface area contributed by atoms with Crippen LogP contribution in [0.5, 0.6) is 0 Å². The number of nitrogens with zero attached hydrogens (tertiary/aromatic N) is 1. The number of aryl methyl sites for hydroxylation is 2. The molecule has 19 heavy (non-hydrogen) atoms. The summed E-state index contributed by atoms with van der Waals surface area (Å²) in [4.78, 5) is 23.5. The van der Waals surface area contributed by atoms with Gasteiger partial charge in [-0.25, -0.2) is 0 Å². The number of hydrogen-bond donors (Lipinski definition) is 1. The standard InChI is InChI=1S/C14H16N2O3/c1-9-4-5-12(19-9)10(2)15-14(18)11-6-7-16(3)13(17)8-11/h4-8,10H,1-3H3,(H,15,18). The maximum Gasteiger partial charge on any atom is 0.252 e. The van der Waals surface area contributed by atoms with Gasteiger partial charge >= 0.3 is 0 Å². The Labute approximate surface area is 110 Å². The number of pyridine rings is 1. The topological polar surface area (TPSA) is 64.2 Å². The zero-order chi connectivity index (χ0) is 14.0. The number of amides is 1. The highest BCUT2D eigenvalue weighted by molar-refractivity contribution is 5.94. The third-order valence-corrected chi connectivity index (χ3v) is 2.90. The highest BCUT2D eigenvalue weighted by atomic mass is 16.3. The Morgan fingerprint density at radius 3 is 2.68 bits per heavy atom. The molecule has 0 bridgehead atoms. The summed E-state index contributed by atoms with van der Waals surface area (Å²) >= 11 is 0. The highest BCUT2D eigenvalue weighted by Crippen LogP contribution is 2.15. The number of nitrogens with one attached hydrogen (secondary N) is 1. The molecular formula is C14H16N2O3. The van der Waals surface area contributed by atoms with E-state index in [0.29, 0.717) is 11.3 Å². The van der Waals surface area contributed by atoms with E-state index in [9.17, 15) is 9.59 Å². The van der Waals surface area contributed by atoms with E-state index in [1.54, 1.807) is 19.3 Å². The van der Waals surface area contributed by atoms with Crippen LogP contribution < -0.4 is 10.9 Å². The van der Waals surface area contributed by atoms with E-state index < -0.39 is 0 Å². The largest absolute Gasteiger partial charge is 0.464 e. The highest BCUT2D eigenvalue weighted by Gasteiger charge is 2.14. The van der Waals surface area contributed by atoms with Gasteiger partial charge in [0.2, 0.25) is 0 Å². The molecule has 2 aromatic heterocycles. The predicted octanol–water partition coefficient (Wildman–Crippen LogP) is 1.78. The first-order valence-corrected chi connectivity index (χ1v) is 6.01. The molecule has 0 spiro atoms. The first kappa shape index (κ1) is 13.1. The third kappa shape index (κ3) is 2.93. The number of hydrogen-bond acceptors (Lipinski definition) is 3. The van der Waals surface area contributed by atoms with Crippen LogP contribution in [0.4, 0.5) is 0 Å². The van der Waals surface area contributed by atoms with E-state index in [0.717, 1.165) is 5.76 Å². The van der Waals surface area contributed by atoms with E-state index >= 15 is 0 Å². The van der Waals surface area contributed by atoms with Gasteiger partial charge in [-0.2, -0.15) is 0 Å². The van der Waals surface area contributed by atoms with Gasteiger partial charge in [-0.15, -0.1) is 0 Å². The van der Waals surface area contributed by atoms with Gasteiger partial charge in [0.1, 0.15) is 11.5 Å². The van der Waals surface area contributed by atoms with Crippen LogP contribution in [0.1, 0.15) is 34.8 Å². The molecular weight excluding hydrogens is 244 g/mol. The molecule has 0 radical (unpaired) electrons. The normalized spacial score (nSPS) is 12.2. The van der Waals surface area contributed by atoms with Crippen molar-refractivity contribution in [3.8, 4) is 0 Å². The molecule has 0 saturated carbocycles. The Hall–Kier alpha value is -2.30.